The standard InChI is InChI=1S/C11H14ClNO6S/c1-7-9(11(14)15)5-8(12)6-10(7)20(16,17)13-19-4-3-18-2/h5-6,13H,3-4H2,1-2H3,(H,14,15). The molecule has 0 amide bonds. The summed E-state index contributed by atoms with van der Waals surface area (Å²) in [5.74, 6) is -1.26. The molecule has 2 N–H and O–H groups in total. The van der Waals surface area contributed by atoms with Crippen LogP contribution in [0.4, 0.5) is 0 Å². The minimum absolute atomic E-state index is 0.00488. The van der Waals surface area contributed by atoms with Crippen molar-refractivity contribution in [3.05, 3.63) is 28.3 Å². The SMILES string of the molecule is COCCONS(=O)(=O)c1cc(Cl)cc(C(=O)O)c1C. The quantitative estimate of drug-likeness (QED) is 0.577. The van der Waals surface area contributed by atoms with Crippen LogP contribution in [0.5, 0.6) is 0 Å². The van der Waals surface area contributed by atoms with Crippen LogP contribution in [0, 0.1) is 6.92 Å². The number of rotatable bonds is 7. The van der Waals surface area contributed by atoms with Crippen LogP contribution in [0.15, 0.2) is 17.0 Å². The van der Waals surface area contributed by atoms with Gasteiger partial charge in [0.1, 0.15) is 0 Å². The molecule has 0 saturated heterocycles. The van der Waals surface area contributed by atoms with E-state index < -0.39 is 16.0 Å². The first-order chi connectivity index (χ1) is 9.29. The summed E-state index contributed by atoms with van der Waals surface area (Å²) < 4.78 is 28.7. The molecule has 0 bridgehead atoms. The van der Waals surface area contributed by atoms with E-state index in [1.54, 1.807) is 0 Å². The van der Waals surface area contributed by atoms with Crippen molar-refractivity contribution in [2.24, 2.45) is 0 Å². The lowest BCUT2D eigenvalue weighted by Gasteiger charge is -2.11. The molecule has 20 heavy (non-hydrogen) atoms. The summed E-state index contributed by atoms with van der Waals surface area (Å²) in [5, 5.41) is 9.01. The molecule has 7 nitrogen and oxygen atoms in total. The minimum Gasteiger partial charge on any atom is -0.478 e. The Morgan fingerprint density at radius 3 is 2.60 bits per heavy atom. The number of nitrogens with one attached hydrogen (secondary N) is 1. The van der Waals surface area contributed by atoms with Gasteiger partial charge in [0, 0.05) is 12.1 Å². The number of aromatic carboxylic acids is 1. The molecule has 9 heteroatoms. The number of carboxylic acid groups (broad SMARTS) is 1. The van der Waals surface area contributed by atoms with E-state index in [9.17, 15) is 13.2 Å². The predicted octanol–water partition coefficient (Wildman–Crippen LogP) is 1.20. The maximum Gasteiger partial charge on any atom is 0.336 e. The van der Waals surface area contributed by atoms with Gasteiger partial charge in [-0.3, -0.25) is 4.84 Å². The molecule has 0 fully saturated rings. The van der Waals surface area contributed by atoms with Gasteiger partial charge < -0.3 is 9.84 Å². The number of ether oxygens (including phenoxy) is 1. The zero-order chi connectivity index (χ0) is 15.3. The van der Waals surface area contributed by atoms with E-state index in [2.05, 4.69) is 0 Å². The molecule has 0 unspecified atom stereocenters. The fourth-order valence-corrected chi connectivity index (χ4v) is 2.85. The Morgan fingerprint density at radius 2 is 2.05 bits per heavy atom. The zero-order valence-electron chi connectivity index (χ0n) is 10.8. The smallest absolute Gasteiger partial charge is 0.336 e. The highest BCUT2D eigenvalue weighted by Gasteiger charge is 2.22. The van der Waals surface area contributed by atoms with Crippen LogP contribution in [0.25, 0.3) is 0 Å². The summed E-state index contributed by atoms with van der Waals surface area (Å²) >= 11 is 5.74. The second kappa shape index (κ2) is 7.00. The monoisotopic (exact) mass is 323 g/mol. The Hall–Kier alpha value is -1.19. The van der Waals surface area contributed by atoms with E-state index in [0.717, 1.165) is 6.07 Å². The first-order valence-electron chi connectivity index (χ1n) is 5.45. The Kier molecular flexibility index (Phi) is 5.90. The van der Waals surface area contributed by atoms with Gasteiger partial charge in [0.2, 0.25) is 0 Å². The van der Waals surface area contributed by atoms with Gasteiger partial charge in [0.05, 0.1) is 23.7 Å². The van der Waals surface area contributed by atoms with Gasteiger partial charge in [-0.1, -0.05) is 16.5 Å². The third kappa shape index (κ3) is 4.15. The number of carboxylic acids is 1. The van der Waals surface area contributed by atoms with Crippen molar-refractivity contribution in [2.75, 3.05) is 20.3 Å². The van der Waals surface area contributed by atoms with Crippen molar-refractivity contribution in [3.63, 3.8) is 0 Å². The Labute approximate surface area is 121 Å². The van der Waals surface area contributed by atoms with E-state index in [0.29, 0.717) is 0 Å². The van der Waals surface area contributed by atoms with Gasteiger partial charge in [-0.2, -0.15) is 0 Å². The Morgan fingerprint density at radius 1 is 1.40 bits per heavy atom. The molecule has 0 aliphatic carbocycles. The Balaban J connectivity index is 3.09. The van der Waals surface area contributed by atoms with Crippen LogP contribution in [-0.4, -0.2) is 39.8 Å². The lowest BCUT2D eigenvalue weighted by atomic mass is 10.1. The van der Waals surface area contributed by atoms with Crippen LogP contribution in [0.3, 0.4) is 0 Å². The molecule has 0 aliphatic rings. The number of sulfonamides is 1. The van der Waals surface area contributed by atoms with Crippen LogP contribution < -0.4 is 4.89 Å². The normalized spacial score (nSPS) is 11.6. The van der Waals surface area contributed by atoms with Crippen LogP contribution in [0.1, 0.15) is 15.9 Å². The maximum absolute atomic E-state index is 12.0. The molecule has 0 spiro atoms. The Bertz CT molecular complexity index is 601. The average Bonchev–Trinajstić information content (AvgIpc) is 2.36. The molecule has 1 aromatic rings. The van der Waals surface area contributed by atoms with Gasteiger partial charge in [0.15, 0.2) is 0 Å². The highest BCUT2D eigenvalue weighted by atomic mass is 35.5. The number of hydrogen-bond acceptors (Lipinski definition) is 5. The van der Waals surface area contributed by atoms with Gasteiger partial charge in [-0.25, -0.2) is 13.2 Å². The van der Waals surface area contributed by atoms with Crippen molar-refractivity contribution in [2.45, 2.75) is 11.8 Å². The van der Waals surface area contributed by atoms with Crippen molar-refractivity contribution >= 4 is 27.6 Å². The molecule has 0 saturated carbocycles. The number of carbonyl (C=O) groups is 1. The number of hydrogen-bond donors (Lipinski definition) is 2. The lowest BCUT2D eigenvalue weighted by Crippen LogP contribution is -2.26. The zero-order valence-corrected chi connectivity index (χ0v) is 12.4. The largest absolute Gasteiger partial charge is 0.478 e. The summed E-state index contributed by atoms with van der Waals surface area (Å²) in [4.78, 5) is 17.4. The second-order valence-electron chi connectivity index (χ2n) is 3.81. The second-order valence-corrected chi connectivity index (χ2v) is 5.86. The van der Waals surface area contributed by atoms with Crippen molar-refractivity contribution in [1.29, 1.82) is 0 Å². The first-order valence-corrected chi connectivity index (χ1v) is 7.31. The summed E-state index contributed by atoms with van der Waals surface area (Å²) in [6, 6.07) is 2.34. The molecule has 112 valence electrons. The van der Waals surface area contributed by atoms with E-state index in [1.807, 2.05) is 4.89 Å². The number of halogens is 1. The molecular weight excluding hydrogens is 310 g/mol. The van der Waals surface area contributed by atoms with Gasteiger partial charge in [-0.05, 0) is 24.6 Å². The fraction of sp³-hybridized carbons (Fsp3) is 0.364. The lowest BCUT2D eigenvalue weighted by molar-refractivity contribution is 0.0438. The third-order valence-corrected chi connectivity index (χ3v) is 3.96. The van der Waals surface area contributed by atoms with E-state index in [1.165, 1.54) is 20.1 Å². The third-order valence-electron chi connectivity index (χ3n) is 2.40. The molecule has 0 aliphatic heterocycles. The molecule has 1 aromatic carbocycles. The molecule has 0 aromatic heterocycles. The molecule has 0 radical (unpaired) electrons. The van der Waals surface area contributed by atoms with Crippen molar-refractivity contribution < 1.29 is 27.9 Å². The molecule has 1 rings (SSSR count). The van der Waals surface area contributed by atoms with Crippen LogP contribution >= 0.6 is 11.6 Å². The van der Waals surface area contributed by atoms with E-state index in [-0.39, 0.29) is 34.3 Å². The summed E-state index contributed by atoms with van der Waals surface area (Å²) in [6.45, 7) is 1.60. The summed E-state index contributed by atoms with van der Waals surface area (Å²) in [6.07, 6.45) is 0. The van der Waals surface area contributed by atoms with Crippen LogP contribution in [-0.2, 0) is 19.6 Å². The summed E-state index contributed by atoms with van der Waals surface area (Å²) in [5.41, 5.74) is -0.112. The fourth-order valence-electron chi connectivity index (χ4n) is 1.44. The van der Waals surface area contributed by atoms with Gasteiger partial charge in [0.25, 0.3) is 10.0 Å². The molecule has 0 atom stereocenters. The topological polar surface area (TPSA) is 102 Å². The highest BCUT2D eigenvalue weighted by molar-refractivity contribution is 7.89. The van der Waals surface area contributed by atoms with Gasteiger partial charge >= 0.3 is 5.97 Å². The number of methoxy groups -OCH3 is 1. The summed E-state index contributed by atoms with van der Waals surface area (Å²) in [7, 11) is -2.58. The predicted molar refractivity (Wildman–Crippen MR) is 71.3 cm³/mol. The molecular formula is C11H14ClNO6S. The van der Waals surface area contributed by atoms with Crippen LogP contribution in [0.2, 0.25) is 5.02 Å². The van der Waals surface area contributed by atoms with Crippen molar-refractivity contribution in [3.8, 4) is 0 Å². The molecule has 0 heterocycles. The highest BCUT2D eigenvalue weighted by Crippen LogP contribution is 2.24. The van der Waals surface area contributed by atoms with Crippen molar-refractivity contribution in [1.82, 2.24) is 4.89 Å². The van der Waals surface area contributed by atoms with E-state index in [4.69, 9.17) is 26.3 Å². The van der Waals surface area contributed by atoms with E-state index >= 15 is 0 Å². The maximum atomic E-state index is 12.0. The average molecular weight is 324 g/mol. The first kappa shape index (κ1) is 16.9. The van der Waals surface area contributed by atoms with Gasteiger partial charge in [-0.15, -0.1) is 0 Å². The minimum atomic E-state index is -4.03. The number of benzene rings is 1.